The first-order valence-electron chi connectivity index (χ1n) is 4.00. The van der Waals surface area contributed by atoms with Gasteiger partial charge in [-0.2, -0.15) is 13.2 Å². The molecule has 0 saturated carbocycles. The number of nitrogens with one attached hydrogen (secondary N) is 1. The Labute approximate surface area is 104 Å². The number of hydrogen-bond donors (Lipinski definition) is 1. The van der Waals surface area contributed by atoms with Gasteiger partial charge in [0.2, 0.25) is 0 Å². The highest BCUT2D eigenvalue weighted by molar-refractivity contribution is 14.1. The number of carbonyl (C=O) groups is 1. The average Bonchev–Trinajstić information content (AvgIpc) is 2.14. The molecule has 0 aromatic rings. The Kier molecular flexibility index (Phi) is 7.70. The van der Waals surface area contributed by atoms with Gasteiger partial charge in [-0.15, -0.1) is 0 Å². The van der Waals surface area contributed by atoms with Crippen molar-refractivity contribution in [1.29, 1.82) is 0 Å². The van der Waals surface area contributed by atoms with Crippen LogP contribution in [-0.2, 0) is 9.53 Å². The molecular weight excluding hydrogens is 346 g/mol. The second-order valence-electron chi connectivity index (χ2n) is 2.49. The Hall–Kier alpha value is 0.300. The lowest BCUT2D eigenvalue weighted by molar-refractivity contribution is -0.139. The molecule has 8 heteroatoms. The first-order valence-corrected chi connectivity index (χ1v) is 6.23. The molecule has 0 aliphatic heterocycles. The summed E-state index contributed by atoms with van der Waals surface area (Å²) in [5.74, 6) is -0.444. The minimum absolute atomic E-state index is 0.0615. The fourth-order valence-electron chi connectivity index (χ4n) is 0.679. The van der Waals surface area contributed by atoms with Crippen LogP contribution in [0.25, 0.3) is 0 Å². The molecule has 0 rings (SSSR count). The van der Waals surface area contributed by atoms with E-state index < -0.39 is 5.51 Å². The molecule has 1 atom stereocenters. The molecule has 3 nitrogen and oxygen atoms in total. The minimum Gasteiger partial charge on any atom is -0.468 e. The molecule has 0 saturated heterocycles. The van der Waals surface area contributed by atoms with Gasteiger partial charge in [-0.1, -0.05) is 22.6 Å². The topological polar surface area (TPSA) is 38.3 Å². The number of methoxy groups -OCH3 is 1. The lowest BCUT2D eigenvalue weighted by Gasteiger charge is -2.09. The van der Waals surface area contributed by atoms with Crippen molar-refractivity contribution in [3.63, 3.8) is 0 Å². The van der Waals surface area contributed by atoms with E-state index in [2.05, 4.69) is 10.1 Å². The van der Waals surface area contributed by atoms with E-state index in [0.29, 0.717) is 6.54 Å². The molecule has 0 aromatic carbocycles. The summed E-state index contributed by atoms with van der Waals surface area (Å²) in [6.45, 7) is 0.520. The van der Waals surface area contributed by atoms with Crippen molar-refractivity contribution in [2.75, 3.05) is 26.0 Å². The molecule has 0 bridgehead atoms. The Morgan fingerprint density at radius 2 is 2.20 bits per heavy atom. The fourth-order valence-corrected chi connectivity index (χ4v) is 1.72. The molecule has 0 amide bonds. The lowest BCUT2D eigenvalue weighted by atomic mass is 10.4. The molecule has 1 unspecified atom stereocenters. The van der Waals surface area contributed by atoms with E-state index >= 15 is 0 Å². The summed E-state index contributed by atoms with van der Waals surface area (Å²) in [5, 5.41) is 2.74. The second kappa shape index (κ2) is 7.55. The van der Waals surface area contributed by atoms with Crippen LogP contribution in [0.2, 0.25) is 0 Å². The maximum atomic E-state index is 11.7. The molecule has 0 aliphatic rings. The first-order chi connectivity index (χ1) is 6.87. The molecule has 0 spiro atoms. The van der Waals surface area contributed by atoms with E-state index in [9.17, 15) is 18.0 Å². The molecule has 0 aromatic heterocycles. The van der Waals surface area contributed by atoms with Gasteiger partial charge in [0, 0.05) is 18.8 Å². The smallest absolute Gasteiger partial charge is 0.441 e. The largest absolute Gasteiger partial charge is 0.468 e. The highest BCUT2D eigenvalue weighted by Crippen LogP contribution is 2.29. The third-order valence-electron chi connectivity index (χ3n) is 1.33. The molecule has 0 heterocycles. The zero-order chi connectivity index (χ0) is 11.9. The number of esters is 1. The van der Waals surface area contributed by atoms with Gasteiger partial charge in [0.05, 0.1) is 7.11 Å². The van der Waals surface area contributed by atoms with Crippen molar-refractivity contribution < 1.29 is 22.7 Å². The fraction of sp³-hybridized carbons (Fsp3) is 0.857. The van der Waals surface area contributed by atoms with Gasteiger partial charge in [-0.05, 0) is 11.8 Å². The quantitative estimate of drug-likeness (QED) is 0.341. The van der Waals surface area contributed by atoms with Gasteiger partial charge in [-0.3, -0.25) is 4.79 Å². The van der Waals surface area contributed by atoms with Crippen LogP contribution in [0.1, 0.15) is 0 Å². The van der Waals surface area contributed by atoms with Crippen molar-refractivity contribution in [1.82, 2.24) is 5.32 Å². The molecule has 0 aliphatic carbocycles. The van der Waals surface area contributed by atoms with Crippen molar-refractivity contribution in [2.45, 2.75) is 9.43 Å². The van der Waals surface area contributed by atoms with Gasteiger partial charge in [0.1, 0.15) is 3.92 Å². The van der Waals surface area contributed by atoms with Gasteiger partial charge < -0.3 is 10.1 Å². The van der Waals surface area contributed by atoms with E-state index in [1.54, 1.807) is 0 Å². The van der Waals surface area contributed by atoms with Crippen molar-refractivity contribution in [2.24, 2.45) is 0 Å². The average molecular weight is 357 g/mol. The van der Waals surface area contributed by atoms with Gasteiger partial charge in [0.15, 0.2) is 0 Å². The Balaban J connectivity index is 3.43. The van der Waals surface area contributed by atoms with Gasteiger partial charge >= 0.3 is 11.5 Å². The maximum Gasteiger partial charge on any atom is 0.441 e. The van der Waals surface area contributed by atoms with E-state index in [1.807, 2.05) is 22.6 Å². The van der Waals surface area contributed by atoms with Crippen LogP contribution in [0, 0.1) is 0 Å². The summed E-state index contributed by atoms with van der Waals surface area (Å²) in [6.07, 6.45) is 0. The lowest BCUT2D eigenvalue weighted by Crippen LogP contribution is -2.31. The monoisotopic (exact) mass is 357 g/mol. The zero-order valence-corrected chi connectivity index (χ0v) is 10.9. The van der Waals surface area contributed by atoms with E-state index in [4.69, 9.17) is 0 Å². The normalized spacial score (nSPS) is 13.7. The number of alkyl halides is 4. The van der Waals surface area contributed by atoms with Crippen molar-refractivity contribution >= 4 is 40.3 Å². The number of ether oxygens (including phenoxy) is 1. The first kappa shape index (κ1) is 15.3. The summed E-state index contributed by atoms with van der Waals surface area (Å²) >= 11 is 1.79. The van der Waals surface area contributed by atoms with E-state index in [0.717, 1.165) is 0 Å². The summed E-state index contributed by atoms with van der Waals surface area (Å²) < 4.78 is 39.1. The van der Waals surface area contributed by atoms with Crippen LogP contribution in [-0.4, -0.2) is 41.4 Å². The van der Waals surface area contributed by atoms with Gasteiger partial charge in [-0.25, -0.2) is 0 Å². The molecule has 0 fully saturated rings. The van der Waals surface area contributed by atoms with Crippen LogP contribution < -0.4 is 5.32 Å². The van der Waals surface area contributed by atoms with Crippen molar-refractivity contribution in [3.05, 3.63) is 0 Å². The summed E-state index contributed by atoms with van der Waals surface area (Å²) in [6, 6.07) is 0. The van der Waals surface area contributed by atoms with Crippen LogP contribution in [0.3, 0.4) is 0 Å². The minimum atomic E-state index is -4.19. The second-order valence-corrected chi connectivity index (χ2v) is 5.15. The number of hydrogen-bond acceptors (Lipinski definition) is 4. The van der Waals surface area contributed by atoms with E-state index in [1.165, 1.54) is 7.11 Å². The van der Waals surface area contributed by atoms with Crippen LogP contribution in [0.4, 0.5) is 13.2 Å². The van der Waals surface area contributed by atoms with Gasteiger partial charge in [0.25, 0.3) is 0 Å². The molecular formula is C7H11F3INO2S. The van der Waals surface area contributed by atoms with Crippen LogP contribution in [0.5, 0.6) is 0 Å². The van der Waals surface area contributed by atoms with Crippen LogP contribution in [0.15, 0.2) is 0 Å². The zero-order valence-electron chi connectivity index (χ0n) is 7.94. The summed E-state index contributed by atoms with van der Waals surface area (Å²) in [5.41, 5.74) is -4.19. The van der Waals surface area contributed by atoms with Crippen molar-refractivity contribution in [3.8, 4) is 0 Å². The standard InChI is InChI=1S/C7H11F3INO2S/c1-14-6(13)5(11)4-12-2-3-15-7(8,9)10/h5,12H,2-4H2,1H3. The Morgan fingerprint density at radius 1 is 1.60 bits per heavy atom. The predicted molar refractivity (Wildman–Crippen MR) is 61.2 cm³/mol. The number of rotatable bonds is 6. The molecule has 0 radical (unpaired) electrons. The highest BCUT2D eigenvalue weighted by atomic mass is 127. The SMILES string of the molecule is COC(=O)C(I)CNCCSC(F)(F)F. The molecule has 90 valence electrons. The Morgan fingerprint density at radius 3 is 2.67 bits per heavy atom. The predicted octanol–water partition coefficient (Wildman–Crippen LogP) is 1.81. The Bertz CT molecular complexity index is 203. The van der Waals surface area contributed by atoms with Crippen LogP contribution >= 0.6 is 34.4 Å². The summed E-state index contributed by atoms with van der Waals surface area (Å²) in [7, 11) is 1.27. The number of halogens is 4. The third kappa shape index (κ3) is 9.24. The maximum absolute atomic E-state index is 11.7. The summed E-state index contributed by atoms with van der Waals surface area (Å²) in [4.78, 5) is 10.9. The number of thioether (sulfide) groups is 1. The van der Waals surface area contributed by atoms with E-state index in [-0.39, 0.29) is 34.0 Å². The molecule has 15 heavy (non-hydrogen) atoms. The highest BCUT2D eigenvalue weighted by Gasteiger charge is 2.27. The third-order valence-corrected chi connectivity index (χ3v) is 3.01. The molecule has 1 N–H and O–H groups in total. The number of carbonyl (C=O) groups excluding carboxylic acids is 1.